The highest BCUT2D eigenvalue weighted by atomic mass is 35.5. The normalized spacial score (nSPS) is 16.9. The summed E-state index contributed by atoms with van der Waals surface area (Å²) in [5, 5.41) is 4.15. The molecule has 0 saturated carbocycles. The van der Waals surface area contributed by atoms with E-state index in [0.717, 1.165) is 0 Å². The van der Waals surface area contributed by atoms with Crippen LogP contribution in [0.25, 0.3) is 0 Å². The van der Waals surface area contributed by atoms with Gasteiger partial charge in [0.2, 0.25) is 0 Å². The summed E-state index contributed by atoms with van der Waals surface area (Å²) < 4.78 is 0. The van der Waals surface area contributed by atoms with Gasteiger partial charge in [0, 0.05) is 6.20 Å². The fraction of sp³-hybridized carbons (Fsp3) is 0. The van der Waals surface area contributed by atoms with Crippen molar-refractivity contribution in [3.8, 4) is 0 Å². The molecular formula is C5H5ClN2. The summed E-state index contributed by atoms with van der Waals surface area (Å²) in [5.74, 6) is 0. The first-order valence-corrected chi connectivity index (χ1v) is 2.59. The Hall–Kier alpha value is -0.760. The van der Waals surface area contributed by atoms with E-state index in [9.17, 15) is 0 Å². The SMILES string of the molecule is ClC1=NNC=CC=C1. The molecule has 1 rings (SSSR count). The number of nitrogens with zero attached hydrogens (tertiary/aromatic N) is 1. The summed E-state index contributed by atoms with van der Waals surface area (Å²) in [6.45, 7) is 0. The predicted octanol–water partition coefficient (Wildman–Crippen LogP) is 1.21. The van der Waals surface area contributed by atoms with Crippen molar-refractivity contribution in [3.05, 3.63) is 24.4 Å². The Bertz CT molecular complexity index is 155. The Balaban J connectivity index is 2.69. The minimum Gasteiger partial charge on any atom is -0.284 e. The Morgan fingerprint density at radius 1 is 1.50 bits per heavy atom. The lowest BCUT2D eigenvalue weighted by atomic mass is 10.5. The molecule has 0 aromatic rings. The fourth-order valence-electron chi connectivity index (χ4n) is 0.370. The van der Waals surface area contributed by atoms with Crippen LogP contribution in [0.1, 0.15) is 0 Å². The summed E-state index contributed by atoms with van der Waals surface area (Å²) in [6, 6.07) is 0. The number of hydrazone groups is 1. The number of halogens is 1. The largest absolute Gasteiger partial charge is 0.284 e. The maximum Gasteiger partial charge on any atom is 0.149 e. The van der Waals surface area contributed by atoms with Crippen LogP contribution < -0.4 is 5.43 Å². The fourth-order valence-corrected chi connectivity index (χ4v) is 0.491. The standard InChI is InChI=1S/C5H5ClN2/c6-5-3-1-2-4-7-8-5/h1-4,7H. The molecule has 2 nitrogen and oxygen atoms in total. The second-order valence-corrected chi connectivity index (χ2v) is 1.67. The van der Waals surface area contributed by atoms with Crippen LogP contribution in [-0.4, -0.2) is 5.17 Å². The van der Waals surface area contributed by atoms with Crippen LogP contribution in [0.4, 0.5) is 0 Å². The van der Waals surface area contributed by atoms with Gasteiger partial charge in [-0.25, -0.2) is 0 Å². The zero-order valence-electron chi connectivity index (χ0n) is 4.13. The molecule has 0 atom stereocenters. The molecule has 0 radical (unpaired) electrons. The van der Waals surface area contributed by atoms with Crippen LogP contribution in [0.5, 0.6) is 0 Å². The van der Waals surface area contributed by atoms with Crippen molar-refractivity contribution in [2.75, 3.05) is 0 Å². The van der Waals surface area contributed by atoms with E-state index in [4.69, 9.17) is 11.6 Å². The molecule has 0 aromatic heterocycles. The number of rotatable bonds is 0. The van der Waals surface area contributed by atoms with Crippen molar-refractivity contribution in [1.82, 2.24) is 5.43 Å². The number of nitrogens with one attached hydrogen (secondary N) is 1. The molecule has 3 heteroatoms. The van der Waals surface area contributed by atoms with Crippen molar-refractivity contribution < 1.29 is 0 Å². The molecule has 1 N–H and O–H groups in total. The minimum atomic E-state index is 0.468. The topological polar surface area (TPSA) is 24.4 Å². The van der Waals surface area contributed by atoms with Gasteiger partial charge in [0.25, 0.3) is 0 Å². The Morgan fingerprint density at radius 2 is 2.38 bits per heavy atom. The van der Waals surface area contributed by atoms with Gasteiger partial charge in [-0.05, 0) is 12.2 Å². The summed E-state index contributed by atoms with van der Waals surface area (Å²) >= 11 is 5.48. The molecule has 0 fully saturated rings. The lowest BCUT2D eigenvalue weighted by molar-refractivity contribution is 0.977. The van der Waals surface area contributed by atoms with Gasteiger partial charge in [-0.1, -0.05) is 17.7 Å². The number of hydrogen-bond acceptors (Lipinski definition) is 2. The van der Waals surface area contributed by atoms with Crippen LogP contribution in [0.15, 0.2) is 29.5 Å². The van der Waals surface area contributed by atoms with E-state index >= 15 is 0 Å². The summed E-state index contributed by atoms with van der Waals surface area (Å²) in [6.07, 6.45) is 7.04. The average molecular weight is 129 g/mol. The van der Waals surface area contributed by atoms with Crippen LogP contribution >= 0.6 is 11.6 Å². The lowest BCUT2D eigenvalue weighted by Gasteiger charge is -1.83. The molecule has 1 aliphatic rings. The van der Waals surface area contributed by atoms with Gasteiger partial charge in [-0.3, -0.25) is 5.43 Å². The van der Waals surface area contributed by atoms with E-state index in [2.05, 4.69) is 10.5 Å². The molecule has 42 valence electrons. The molecule has 8 heavy (non-hydrogen) atoms. The Labute approximate surface area is 52.5 Å². The highest BCUT2D eigenvalue weighted by molar-refractivity contribution is 6.68. The van der Waals surface area contributed by atoms with Gasteiger partial charge in [0.1, 0.15) is 5.17 Å². The maximum absolute atomic E-state index is 5.48. The lowest BCUT2D eigenvalue weighted by Crippen LogP contribution is -1.93. The Morgan fingerprint density at radius 3 is 3.25 bits per heavy atom. The van der Waals surface area contributed by atoms with Gasteiger partial charge < -0.3 is 0 Å². The highest BCUT2D eigenvalue weighted by Crippen LogP contribution is 1.90. The molecule has 0 bridgehead atoms. The molecule has 1 heterocycles. The predicted molar refractivity (Wildman–Crippen MR) is 34.7 cm³/mol. The smallest absolute Gasteiger partial charge is 0.149 e. The molecule has 0 amide bonds. The molecule has 0 aliphatic carbocycles. The van der Waals surface area contributed by atoms with Crippen molar-refractivity contribution in [2.45, 2.75) is 0 Å². The van der Waals surface area contributed by atoms with Crippen molar-refractivity contribution in [3.63, 3.8) is 0 Å². The summed E-state index contributed by atoms with van der Waals surface area (Å²) in [5.41, 5.74) is 2.61. The van der Waals surface area contributed by atoms with Gasteiger partial charge in [0.15, 0.2) is 0 Å². The van der Waals surface area contributed by atoms with E-state index < -0.39 is 0 Å². The first-order chi connectivity index (χ1) is 3.89. The third-order valence-corrected chi connectivity index (χ3v) is 0.897. The minimum absolute atomic E-state index is 0.468. The van der Waals surface area contributed by atoms with Gasteiger partial charge in [0.05, 0.1) is 0 Å². The van der Waals surface area contributed by atoms with E-state index in [1.54, 1.807) is 12.3 Å². The van der Waals surface area contributed by atoms with E-state index in [-0.39, 0.29) is 0 Å². The third-order valence-electron chi connectivity index (χ3n) is 0.687. The second-order valence-electron chi connectivity index (χ2n) is 1.28. The van der Waals surface area contributed by atoms with Crippen LogP contribution in [0.2, 0.25) is 0 Å². The van der Waals surface area contributed by atoms with Crippen molar-refractivity contribution in [1.29, 1.82) is 0 Å². The Kier molecular flexibility index (Phi) is 1.70. The van der Waals surface area contributed by atoms with E-state index in [1.165, 1.54) is 0 Å². The van der Waals surface area contributed by atoms with Crippen molar-refractivity contribution >= 4 is 16.8 Å². The molecule has 0 saturated heterocycles. The van der Waals surface area contributed by atoms with Crippen LogP contribution in [0, 0.1) is 0 Å². The van der Waals surface area contributed by atoms with Crippen LogP contribution in [-0.2, 0) is 0 Å². The molecule has 0 unspecified atom stereocenters. The molecule has 0 aromatic carbocycles. The van der Waals surface area contributed by atoms with E-state index in [0.29, 0.717) is 5.17 Å². The van der Waals surface area contributed by atoms with Crippen LogP contribution in [0.3, 0.4) is 0 Å². The first-order valence-electron chi connectivity index (χ1n) is 2.21. The molecular weight excluding hydrogens is 124 g/mol. The second kappa shape index (κ2) is 2.52. The highest BCUT2D eigenvalue weighted by Gasteiger charge is 1.84. The number of allylic oxidation sites excluding steroid dienone is 3. The van der Waals surface area contributed by atoms with Gasteiger partial charge in [-0.15, -0.1) is 0 Å². The van der Waals surface area contributed by atoms with Gasteiger partial charge >= 0.3 is 0 Å². The maximum atomic E-state index is 5.48. The van der Waals surface area contributed by atoms with Gasteiger partial charge in [-0.2, -0.15) is 5.10 Å². The molecule has 1 aliphatic heterocycles. The van der Waals surface area contributed by atoms with Crippen molar-refractivity contribution in [2.24, 2.45) is 5.10 Å². The third kappa shape index (κ3) is 1.39. The quantitative estimate of drug-likeness (QED) is 0.521. The zero-order chi connectivity index (χ0) is 5.82. The first kappa shape index (κ1) is 5.38. The molecule has 0 spiro atoms. The summed E-state index contributed by atoms with van der Waals surface area (Å²) in [7, 11) is 0. The monoisotopic (exact) mass is 128 g/mol. The number of hydrogen-bond donors (Lipinski definition) is 1. The van der Waals surface area contributed by atoms with E-state index in [1.807, 2.05) is 12.2 Å². The summed E-state index contributed by atoms with van der Waals surface area (Å²) in [4.78, 5) is 0. The average Bonchev–Trinajstić information content (AvgIpc) is 1.94. The zero-order valence-corrected chi connectivity index (χ0v) is 4.89.